The second-order valence-electron chi connectivity index (χ2n) is 4.35. The number of benzene rings is 1. The summed E-state index contributed by atoms with van der Waals surface area (Å²) in [5, 5.41) is 0. The molecular formula is C13H15N3O2S. The van der Waals surface area contributed by atoms with E-state index >= 15 is 0 Å². The Balaban J connectivity index is 2.04. The van der Waals surface area contributed by atoms with E-state index in [2.05, 4.69) is 0 Å². The highest BCUT2D eigenvalue weighted by atomic mass is 32.1. The third-order valence-electron chi connectivity index (χ3n) is 2.96. The van der Waals surface area contributed by atoms with Crippen molar-refractivity contribution < 1.29 is 9.59 Å². The fourth-order valence-corrected chi connectivity index (χ4v) is 2.08. The molecule has 1 fully saturated rings. The van der Waals surface area contributed by atoms with Crippen LogP contribution in [0.15, 0.2) is 30.3 Å². The second kappa shape index (κ2) is 5.79. The van der Waals surface area contributed by atoms with Crippen LogP contribution in [-0.2, 0) is 9.59 Å². The van der Waals surface area contributed by atoms with Crippen LogP contribution in [0.25, 0.3) is 0 Å². The van der Waals surface area contributed by atoms with Gasteiger partial charge in [0.05, 0.1) is 18.1 Å². The van der Waals surface area contributed by atoms with E-state index in [0.717, 1.165) is 5.69 Å². The molecule has 5 nitrogen and oxygen atoms in total. The van der Waals surface area contributed by atoms with Gasteiger partial charge in [0.2, 0.25) is 11.8 Å². The monoisotopic (exact) mass is 277 g/mol. The second-order valence-corrected chi connectivity index (χ2v) is 4.87. The van der Waals surface area contributed by atoms with Crippen LogP contribution in [0.5, 0.6) is 0 Å². The molecule has 0 aromatic heterocycles. The lowest BCUT2D eigenvalue weighted by Gasteiger charge is -2.33. The average molecular weight is 277 g/mol. The van der Waals surface area contributed by atoms with E-state index in [-0.39, 0.29) is 31.4 Å². The molecule has 0 spiro atoms. The van der Waals surface area contributed by atoms with E-state index in [1.807, 2.05) is 30.3 Å². The Bertz CT molecular complexity index is 486. The number of amides is 2. The van der Waals surface area contributed by atoms with Gasteiger partial charge in [-0.05, 0) is 12.1 Å². The summed E-state index contributed by atoms with van der Waals surface area (Å²) in [6, 6.07) is 9.41. The van der Waals surface area contributed by atoms with E-state index < -0.39 is 0 Å². The lowest BCUT2D eigenvalue weighted by atomic mass is 10.2. The van der Waals surface area contributed by atoms with Gasteiger partial charge in [-0.1, -0.05) is 30.4 Å². The molecule has 1 heterocycles. The minimum Gasteiger partial charge on any atom is -0.393 e. The highest BCUT2D eigenvalue weighted by Crippen LogP contribution is 2.16. The summed E-state index contributed by atoms with van der Waals surface area (Å²) in [7, 11) is 0. The molecule has 1 aliphatic rings. The predicted octanol–water partition coefficient (Wildman–Crippen LogP) is 0.538. The maximum atomic E-state index is 12.0. The van der Waals surface area contributed by atoms with Crippen molar-refractivity contribution in [3.8, 4) is 0 Å². The summed E-state index contributed by atoms with van der Waals surface area (Å²) >= 11 is 4.76. The highest BCUT2D eigenvalue weighted by Gasteiger charge is 2.30. The molecule has 100 valence electrons. The van der Waals surface area contributed by atoms with Crippen LogP contribution >= 0.6 is 12.2 Å². The first-order chi connectivity index (χ1) is 9.08. The van der Waals surface area contributed by atoms with E-state index in [1.165, 1.54) is 4.90 Å². The largest absolute Gasteiger partial charge is 0.393 e. The van der Waals surface area contributed by atoms with Gasteiger partial charge >= 0.3 is 0 Å². The Morgan fingerprint density at radius 1 is 1.16 bits per heavy atom. The van der Waals surface area contributed by atoms with Gasteiger partial charge in [-0.15, -0.1) is 0 Å². The topological polar surface area (TPSA) is 66.6 Å². The first-order valence-corrected chi connectivity index (χ1v) is 6.40. The molecular weight excluding hydrogens is 262 g/mol. The fraction of sp³-hybridized carbons (Fsp3) is 0.308. The zero-order valence-electron chi connectivity index (χ0n) is 10.4. The number of rotatable bonds is 4. The number of hydrogen-bond acceptors (Lipinski definition) is 4. The molecule has 19 heavy (non-hydrogen) atoms. The number of carbonyl (C=O) groups is 2. The minimum absolute atomic E-state index is 0.201. The van der Waals surface area contributed by atoms with Gasteiger partial charge < -0.3 is 10.6 Å². The van der Waals surface area contributed by atoms with Crippen molar-refractivity contribution in [1.82, 2.24) is 4.90 Å². The summed E-state index contributed by atoms with van der Waals surface area (Å²) in [6.07, 6.45) is 0.373. The van der Waals surface area contributed by atoms with Crippen LogP contribution in [0.4, 0.5) is 5.69 Å². The molecule has 1 aromatic carbocycles. The molecule has 0 unspecified atom stereocenters. The molecule has 2 N–H and O–H groups in total. The van der Waals surface area contributed by atoms with E-state index in [4.69, 9.17) is 18.0 Å². The molecule has 0 saturated carbocycles. The molecule has 2 amide bonds. The normalized spacial score (nSPS) is 15.8. The summed E-state index contributed by atoms with van der Waals surface area (Å²) < 4.78 is 0. The van der Waals surface area contributed by atoms with Crippen molar-refractivity contribution in [2.75, 3.05) is 24.5 Å². The average Bonchev–Trinajstić information content (AvgIpc) is 2.38. The van der Waals surface area contributed by atoms with Gasteiger partial charge in [-0.25, -0.2) is 0 Å². The lowest BCUT2D eigenvalue weighted by molar-refractivity contribution is -0.145. The SMILES string of the molecule is NC(=S)CCN1C(=O)CN(c2ccccc2)CC1=O. The Labute approximate surface area is 117 Å². The molecule has 1 aromatic rings. The van der Waals surface area contributed by atoms with E-state index in [1.54, 1.807) is 4.90 Å². The van der Waals surface area contributed by atoms with Gasteiger partial charge in [-0.2, -0.15) is 0 Å². The van der Waals surface area contributed by atoms with Crippen LogP contribution in [0.3, 0.4) is 0 Å². The third-order valence-corrected chi connectivity index (χ3v) is 3.16. The van der Waals surface area contributed by atoms with Crippen molar-refractivity contribution in [2.24, 2.45) is 5.73 Å². The van der Waals surface area contributed by atoms with Crippen molar-refractivity contribution in [2.45, 2.75) is 6.42 Å². The smallest absolute Gasteiger partial charge is 0.248 e. The molecule has 0 aliphatic carbocycles. The minimum atomic E-state index is -0.212. The molecule has 2 rings (SSSR count). The molecule has 0 atom stereocenters. The van der Waals surface area contributed by atoms with Crippen LogP contribution < -0.4 is 10.6 Å². The van der Waals surface area contributed by atoms with Gasteiger partial charge in [0.1, 0.15) is 0 Å². The predicted molar refractivity (Wildman–Crippen MR) is 76.8 cm³/mol. The molecule has 1 aliphatic heterocycles. The number of para-hydroxylation sites is 1. The fourth-order valence-electron chi connectivity index (χ4n) is 1.99. The third kappa shape index (κ3) is 3.29. The quantitative estimate of drug-likeness (QED) is 0.642. The molecule has 0 bridgehead atoms. The van der Waals surface area contributed by atoms with Crippen molar-refractivity contribution in [3.63, 3.8) is 0 Å². The number of nitrogens with two attached hydrogens (primary N) is 1. The summed E-state index contributed by atoms with van der Waals surface area (Å²) in [5.41, 5.74) is 6.26. The maximum Gasteiger partial charge on any atom is 0.248 e. The van der Waals surface area contributed by atoms with Gasteiger partial charge in [0, 0.05) is 18.7 Å². The van der Waals surface area contributed by atoms with Crippen LogP contribution in [0, 0.1) is 0 Å². The van der Waals surface area contributed by atoms with Crippen LogP contribution in [-0.4, -0.2) is 41.3 Å². The standard InChI is InChI=1S/C13H15N3O2S/c14-11(19)6-7-16-12(17)8-15(9-13(16)18)10-4-2-1-3-5-10/h1-5H,6-9H2,(H2,14,19). The summed E-state index contributed by atoms with van der Waals surface area (Å²) in [5.74, 6) is -0.423. The maximum absolute atomic E-state index is 12.0. The van der Waals surface area contributed by atoms with Crippen molar-refractivity contribution in [1.29, 1.82) is 0 Å². The number of hydrogen-bond donors (Lipinski definition) is 1. The van der Waals surface area contributed by atoms with Gasteiger partial charge in [0.15, 0.2) is 0 Å². The van der Waals surface area contributed by atoms with E-state index in [0.29, 0.717) is 11.4 Å². The van der Waals surface area contributed by atoms with Crippen LogP contribution in [0.2, 0.25) is 0 Å². The van der Waals surface area contributed by atoms with Crippen molar-refractivity contribution >= 4 is 34.7 Å². The number of thiocarbonyl (C=S) groups is 1. The number of carbonyl (C=O) groups excluding carboxylic acids is 2. The Hall–Kier alpha value is -1.95. The molecule has 0 radical (unpaired) electrons. The zero-order valence-corrected chi connectivity index (χ0v) is 11.2. The zero-order chi connectivity index (χ0) is 13.8. The molecule has 1 saturated heterocycles. The summed E-state index contributed by atoms with van der Waals surface area (Å²) in [4.78, 5) is 27.3. The number of imide groups is 1. The van der Waals surface area contributed by atoms with Crippen molar-refractivity contribution in [3.05, 3.63) is 30.3 Å². The Morgan fingerprint density at radius 2 is 1.74 bits per heavy atom. The first-order valence-electron chi connectivity index (χ1n) is 5.99. The number of anilines is 1. The Morgan fingerprint density at radius 3 is 2.26 bits per heavy atom. The molecule has 6 heteroatoms. The van der Waals surface area contributed by atoms with Gasteiger partial charge in [-0.3, -0.25) is 14.5 Å². The van der Waals surface area contributed by atoms with E-state index in [9.17, 15) is 9.59 Å². The highest BCUT2D eigenvalue weighted by molar-refractivity contribution is 7.80. The Kier molecular flexibility index (Phi) is 4.11. The summed E-state index contributed by atoms with van der Waals surface area (Å²) in [6.45, 7) is 0.676. The first kappa shape index (κ1) is 13.5. The van der Waals surface area contributed by atoms with Crippen LogP contribution in [0.1, 0.15) is 6.42 Å². The van der Waals surface area contributed by atoms with Gasteiger partial charge in [0.25, 0.3) is 0 Å². The number of piperazine rings is 1. The number of nitrogens with zero attached hydrogens (tertiary/aromatic N) is 2. The lowest BCUT2D eigenvalue weighted by Crippen LogP contribution is -2.54.